The Labute approximate surface area is 785 Å². The molecule has 7 aromatic rings. The second kappa shape index (κ2) is 54.8. The number of aliphatic imine (C=N–C) groups is 4. The number of nitrogens with one attached hydrogen (secondary N) is 2. The third kappa shape index (κ3) is 34.5. The number of esters is 5. The highest BCUT2D eigenvalue weighted by Gasteiger charge is 2.34. The molecule has 0 aliphatic carbocycles. The van der Waals surface area contributed by atoms with Gasteiger partial charge in [0.05, 0.1) is 153 Å². The number of halogens is 15. The van der Waals surface area contributed by atoms with Crippen molar-refractivity contribution < 1.29 is 153 Å². The lowest BCUT2D eigenvalue weighted by Gasteiger charge is -2.36. The van der Waals surface area contributed by atoms with E-state index in [0.29, 0.717) is 91.3 Å². The standard InChI is InChI=1S/C24H26F2N4O2.C13H14F2N2O6.C13H13F2NO3.C13H11F2NO3.C12H11F2NO2.C12H9F2NO2.C5H9F2NO2.ClH/c1-2-22(31)20-6-4-18(14-27-20)30-9-7-29(8-10-30)15-16-3-5-19-17(11-16)12-23(32)21(28-19)13-24(25)26;1-22-12(18)7-3-4-8(10(5-7)17(20)21)16-9(6-11(14)15)13(19)23-2;2*1-19-13(18)7-2-3-9-8(4-7)5-11(17)10(16-9)6-12(14)15;2*13-12(14)5-10-11(17)4-8-3-7(6-16)1-2-9(8)15-10;1-10-5(9)3(8)2-4(6)7;/h3-6,11,14,24H,2,7-10,12-13,15H2,1H3;3-5,9,11,16H,6H2,1-2H3;2-4,10,12,16H,5-6H2,1H3;2-4,12H,5-6H2,1H3;1-3,12,16H,4-6H2;1-3,6,12H,4-5H2;3-4H,2,8H2,1H3;1H. The Kier molecular flexibility index (Phi) is 44.8. The molecule has 138 heavy (non-hydrogen) atoms. The highest BCUT2D eigenvalue weighted by Crippen LogP contribution is 2.35. The zero-order chi connectivity index (χ0) is 101. The summed E-state index contributed by atoms with van der Waals surface area (Å²) in [4.78, 5) is 172. The van der Waals surface area contributed by atoms with Crippen molar-refractivity contribution in [3.05, 3.63) is 205 Å². The number of anilines is 3. The maximum absolute atomic E-state index is 12.6. The summed E-state index contributed by atoms with van der Waals surface area (Å²) in [6.07, 6.45) is -19.5. The van der Waals surface area contributed by atoms with Crippen LogP contribution in [0.3, 0.4) is 0 Å². The first-order chi connectivity index (χ1) is 65.0. The molecule has 3 unspecified atom stereocenters. The minimum atomic E-state index is -2.82. The van der Waals surface area contributed by atoms with Gasteiger partial charge in [-0.1, -0.05) is 31.2 Å². The van der Waals surface area contributed by atoms with Gasteiger partial charge < -0.3 is 50.1 Å². The molecule has 742 valence electrons. The Morgan fingerprint density at radius 3 is 1.36 bits per heavy atom. The van der Waals surface area contributed by atoms with Gasteiger partial charge in [-0.25, -0.2) is 101 Å². The van der Waals surface area contributed by atoms with Gasteiger partial charge in [0.2, 0.25) is 45.0 Å². The van der Waals surface area contributed by atoms with E-state index in [2.05, 4.69) is 69.1 Å². The summed E-state index contributed by atoms with van der Waals surface area (Å²) in [6, 6.07) is 28.1. The van der Waals surface area contributed by atoms with Crippen LogP contribution in [0.15, 0.2) is 147 Å². The summed E-state index contributed by atoms with van der Waals surface area (Å²) in [7, 11) is 5.75. The van der Waals surface area contributed by atoms with Crippen LogP contribution in [0.25, 0.3) is 0 Å². The molecule has 6 aliphatic rings. The van der Waals surface area contributed by atoms with E-state index in [0.717, 1.165) is 83.0 Å². The van der Waals surface area contributed by atoms with Gasteiger partial charge in [0, 0.05) is 108 Å². The number of alkyl halides is 14. The molecule has 1 saturated heterocycles. The van der Waals surface area contributed by atoms with Crippen molar-refractivity contribution in [3.63, 3.8) is 0 Å². The number of piperazine rings is 1. The molecule has 1 aromatic heterocycles. The number of hydrogen-bond donors (Lipinski definition) is 4. The van der Waals surface area contributed by atoms with Gasteiger partial charge in [0.15, 0.2) is 34.7 Å². The molecule has 6 aliphatic heterocycles. The number of pyridine rings is 1. The number of aliphatic hydroxyl groups is 1. The molecule has 0 radical (unpaired) electrons. The van der Waals surface area contributed by atoms with Crippen LogP contribution in [-0.2, 0) is 103 Å². The fourth-order valence-electron chi connectivity index (χ4n) is 13.8. The Balaban J connectivity index is 0.000000252. The van der Waals surface area contributed by atoms with E-state index in [1.165, 1.54) is 44.6 Å². The maximum Gasteiger partial charge on any atom is 0.338 e. The van der Waals surface area contributed by atoms with E-state index in [1.807, 2.05) is 31.2 Å². The lowest BCUT2D eigenvalue weighted by atomic mass is 9.94. The number of nitrogens with zero attached hydrogens (tertiary/aromatic N) is 8. The lowest BCUT2D eigenvalue weighted by Crippen LogP contribution is -2.46. The van der Waals surface area contributed by atoms with Crippen LogP contribution >= 0.6 is 12.4 Å². The highest BCUT2D eigenvalue weighted by atomic mass is 35.5. The van der Waals surface area contributed by atoms with Gasteiger partial charge in [0.25, 0.3) is 5.69 Å². The topological polar surface area (TPSA) is 433 Å². The number of aldehydes is 1. The summed E-state index contributed by atoms with van der Waals surface area (Å²) >= 11 is 0. The van der Waals surface area contributed by atoms with Crippen molar-refractivity contribution in [1.29, 1.82) is 0 Å². The van der Waals surface area contributed by atoms with Crippen molar-refractivity contribution in [2.75, 3.05) is 77.3 Å². The Morgan fingerprint density at radius 2 is 0.942 bits per heavy atom. The van der Waals surface area contributed by atoms with E-state index in [4.69, 9.17) is 10.8 Å². The first-order valence-corrected chi connectivity index (χ1v) is 41.6. The highest BCUT2D eigenvalue weighted by molar-refractivity contribution is 6.43. The molecule has 13 rings (SSSR count). The molecule has 6 aromatic carbocycles. The summed E-state index contributed by atoms with van der Waals surface area (Å²) in [5.74, 6) is -5.37. The first-order valence-electron chi connectivity index (χ1n) is 41.6. The van der Waals surface area contributed by atoms with E-state index < -0.39 is 160 Å². The van der Waals surface area contributed by atoms with Crippen molar-refractivity contribution in [3.8, 4) is 0 Å². The number of nitro groups is 1. The second-order valence-corrected chi connectivity index (χ2v) is 30.3. The van der Waals surface area contributed by atoms with E-state index >= 15 is 0 Å². The molecular weight excluding hydrogens is 1880 g/mol. The van der Waals surface area contributed by atoms with Gasteiger partial charge in [-0.15, -0.1) is 12.4 Å². The van der Waals surface area contributed by atoms with Gasteiger partial charge >= 0.3 is 29.8 Å². The summed E-state index contributed by atoms with van der Waals surface area (Å²) < 4.78 is 193. The zero-order valence-electron chi connectivity index (χ0n) is 74.5. The number of Topliss-reactive ketones (excluding diaryl/α,β-unsaturated/α-hetero) is 6. The molecular formula is C92H94ClF14N11O20. The third-order valence-corrected chi connectivity index (χ3v) is 20.6. The molecule has 0 bridgehead atoms. The number of fused-ring (bicyclic) bond motifs is 5. The van der Waals surface area contributed by atoms with Crippen molar-refractivity contribution >= 4 is 152 Å². The van der Waals surface area contributed by atoms with Crippen molar-refractivity contribution in [1.82, 2.24) is 9.88 Å². The molecule has 0 spiro atoms. The molecule has 31 nitrogen and oxygen atoms in total. The third-order valence-electron chi connectivity index (χ3n) is 20.6. The number of ketones is 6. The maximum atomic E-state index is 12.6. The zero-order valence-corrected chi connectivity index (χ0v) is 75.3. The smallest absolute Gasteiger partial charge is 0.338 e. The molecule has 46 heteroatoms. The fraction of sp³-hybridized carbons (Fsp3) is 0.380. The number of rotatable bonds is 29. The monoisotopic (exact) mass is 1970 g/mol. The van der Waals surface area contributed by atoms with Crippen molar-refractivity contribution in [2.24, 2.45) is 25.7 Å². The quantitative estimate of drug-likeness (QED) is 0.00643. The lowest BCUT2D eigenvalue weighted by molar-refractivity contribution is -0.384. The Morgan fingerprint density at radius 1 is 0.514 bits per heavy atom. The molecule has 0 saturated carbocycles. The van der Waals surface area contributed by atoms with Crippen LogP contribution in [0.1, 0.15) is 149 Å². The van der Waals surface area contributed by atoms with E-state index in [9.17, 15) is 129 Å². The fourth-order valence-corrected chi connectivity index (χ4v) is 13.8. The number of carbonyl (C=O) groups is 12. The van der Waals surface area contributed by atoms with E-state index in [1.54, 1.807) is 60.8 Å². The predicted octanol–water partition coefficient (Wildman–Crippen LogP) is 15.1. The number of methoxy groups -OCH3 is 5. The summed E-state index contributed by atoms with van der Waals surface area (Å²) in [5, 5.41) is 25.2. The molecule has 0 amide bonds. The Hall–Kier alpha value is -13.8. The normalized spacial score (nSPS) is 14.8. The van der Waals surface area contributed by atoms with Crippen LogP contribution in [0, 0.1) is 10.1 Å². The Bertz CT molecular complexity index is 5670. The number of aliphatic hydroxyl groups excluding tert-OH is 1. The van der Waals surface area contributed by atoms with E-state index in [-0.39, 0.29) is 108 Å². The van der Waals surface area contributed by atoms with Crippen LogP contribution in [0.4, 0.5) is 107 Å². The average molecular weight is 1980 g/mol. The molecule has 1 fully saturated rings. The largest absolute Gasteiger partial charge is 0.468 e. The molecule has 7 heterocycles. The van der Waals surface area contributed by atoms with Crippen LogP contribution in [-0.4, -0.2) is 238 Å². The van der Waals surface area contributed by atoms with Gasteiger partial charge in [-0.2, -0.15) is 0 Å². The molecule has 5 N–H and O–H groups in total. The number of ether oxygens (including phenoxy) is 5. The summed E-state index contributed by atoms with van der Waals surface area (Å²) in [5.41, 5.74) is 14.2. The second-order valence-electron chi connectivity index (χ2n) is 30.3. The number of nitrogens with two attached hydrogens (primary N) is 1. The van der Waals surface area contributed by atoms with Crippen LogP contribution in [0.2, 0.25) is 0 Å². The summed E-state index contributed by atoms with van der Waals surface area (Å²) in [6.45, 7) is 5.93. The van der Waals surface area contributed by atoms with Crippen LogP contribution < -0.4 is 21.3 Å². The minimum absolute atomic E-state index is 0. The average Bonchev–Trinajstić information content (AvgIpc) is 0.769. The van der Waals surface area contributed by atoms with Crippen molar-refractivity contribution in [2.45, 2.75) is 167 Å². The minimum Gasteiger partial charge on any atom is -0.468 e. The number of benzene rings is 6. The number of carbonyl (C=O) groups excluding carboxylic acids is 12. The van der Waals surface area contributed by atoms with Gasteiger partial charge in [-0.05, 0) is 130 Å². The number of aromatic nitrogens is 1. The first kappa shape index (κ1) is 113. The number of hydrogen-bond acceptors (Lipinski definition) is 30. The molecule has 3 atom stereocenters. The van der Waals surface area contributed by atoms with Gasteiger partial charge in [0.1, 0.15) is 29.8 Å². The number of nitro benzene ring substituents is 1. The van der Waals surface area contributed by atoms with Crippen LogP contribution in [0.5, 0.6) is 0 Å². The predicted molar refractivity (Wildman–Crippen MR) is 477 cm³/mol. The van der Waals surface area contributed by atoms with Gasteiger partial charge in [-0.3, -0.25) is 58.4 Å². The SMILES string of the molecule is CCC(=O)c1ccc(N2CCN(Cc3ccc4c(c3)CC(=O)C(CC(F)F)=N4)CC2)cn1.COC(=O)C(N)CC(F)F.COC(=O)c1ccc(NC(CC(F)F)C(=O)OC)c([N+](=O)[O-])c1.COC(=O)c1ccc2c(c1)CC(=O)C(CC(F)F)=N2.COC(=O)c1ccc2c(c1)CC(=O)C(CC(F)F)N2.Cl.O=C1Cc2cc(CO)ccc2N=C1CC(F)F.O=Cc1ccc2c(c1)CC(=O)C(CC(F)F)=N2.